The lowest BCUT2D eigenvalue weighted by atomic mass is 10.2. The fraction of sp³-hybridized carbons (Fsp3) is 0.500. The Morgan fingerprint density at radius 1 is 1.53 bits per heavy atom. The predicted octanol–water partition coefficient (Wildman–Crippen LogP) is -0.637. The quantitative estimate of drug-likeness (QED) is 0.715. The number of aryl methyl sites for hydroxylation is 2. The van der Waals surface area contributed by atoms with E-state index < -0.39 is 5.97 Å². The van der Waals surface area contributed by atoms with Gasteiger partial charge in [0.15, 0.2) is 0 Å². The summed E-state index contributed by atoms with van der Waals surface area (Å²) in [4.78, 5) is 24.3. The molecule has 0 aliphatic carbocycles. The van der Waals surface area contributed by atoms with Crippen molar-refractivity contribution in [2.24, 2.45) is 7.05 Å². The lowest BCUT2D eigenvalue weighted by molar-refractivity contribution is -0.120. The van der Waals surface area contributed by atoms with Gasteiger partial charge in [0.2, 0.25) is 5.91 Å². The van der Waals surface area contributed by atoms with Gasteiger partial charge in [-0.25, -0.2) is 4.79 Å². The normalized spacial score (nSPS) is 15.9. The highest BCUT2D eigenvalue weighted by Gasteiger charge is 2.27. The SMILES string of the molecule is Cc1nn(C)c(N2CCNC(=O)C2)c1C(=O)O. The maximum Gasteiger partial charge on any atom is 0.341 e. The molecule has 1 amide bonds. The number of hydrogen-bond acceptors (Lipinski definition) is 4. The maximum atomic E-state index is 11.3. The van der Waals surface area contributed by atoms with Crippen molar-refractivity contribution in [2.75, 3.05) is 24.5 Å². The van der Waals surface area contributed by atoms with Crippen molar-refractivity contribution in [1.29, 1.82) is 0 Å². The van der Waals surface area contributed by atoms with Crippen LogP contribution in [0.25, 0.3) is 0 Å². The first kappa shape index (κ1) is 11.4. The van der Waals surface area contributed by atoms with Gasteiger partial charge >= 0.3 is 5.97 Å². The standard InChI is InChI=1S/C10H14N4O3/c1-6-8(10(16)17)9(13(2)12-6)14-4-3-11-7(15)5-14/h3-5H2,1-2H3,(H,11,15)(H,16,17). The molecule has 1 aliphatic rings. The average molecular weight is 238 g/mol. The Hall–Kier alpha value is -2.05. The lowest BCUT2D eigenvalue weighted by Gasteiger charge is -2.28. The third kappa shape index (κ3) is 1.95. The van der Waals surface area contributed by atoms with Gasteiger partial charge in [0.25, 0.3) is 0 Å². The van der Waals surface area contributed by atoms with Gasteiger partial charge in [-0.15, -0.1) is 0 Å². The molecule has 7 heteroatoms. The van der Waals surface area contributed by atoms with Crippen LogP contribution in [0.4, 0.5) is 5.82 Å². The second kappa shape index (κ2) is 4.08. The zero-order valence-electron chi connectivity index (χ0n) is 9.73. The Balaban J connectivity index is 2.43. The molecule has 17 heavy (non-hydrogen) atoms. The van der Waals surface area contributed by atoms with Crippen molar-refractivity contribution >= 4 is 17.7 Å². The molecule has 0 spiro atoms. The number of aromatic nitrogens is 2. The Morgan fingerprint density at radius 2 is 2.24 bits per heavy atom. The zero-order valence-corrected chi connectivity index (χ0v) is 9.73. The zero-order chi connectivity index (χ0) is 12.6. The van der Waals surface area contributed by atoms with E-state index in [4.69, 9.17) is 0 Å². The second-order valence-corrected chi connectivity index (χ2v) is 3.98. The molecule has 0 saturated carbocycles. The summed E-state index contributed by atoms with van der Waals surface area (Å²) in [6, 6.07) is 0. The molecule has 0 radical (unpaired) electrons. The topological polar surface area (TPSA) is 87.5 Å². The summed E-state index contributed by atoms with van der Waals surface area (Å²) < 4.78 is 1.51. The van der Waals surface area contributed by atoms with E-state index in [2.05, 4.69) is 10.4 Å². The molecular weight excluding hydrogens is 224 g/mol. The van der Waals surface area contributed by atoms with Gasteiger partial charge < -0.3 is 15.3 Å². The number of aromatic carboxylic acids is 1. The molecule has 1 saturated heterocycles. The number of nitrogens with zero attached hydrogens (tertiary/aromatic N) is 3. The van der Waals surface area contributed by atoms with Crippen molar-refractivity contribution in [3.8, 4) is 0 Å². The van der Waals surface area contributed by atoms with E-state index in [1.54, 1.807) is 18.9 Å². The van der Waals surface area contributed by atoms with Gasteiger partial charge in [0, 0.05) is 20.1 Å². The summed E-state index contributed by atoms with van der Waals surface area (Å²) in [5.41, 5.74) is 0.628. The van der Waals surface area contributed by atoms with Crippen molar-refractivity contribution < 1.29 is 14.7 Å². The highest BCUT2D eigenvalue weighted by atomic mass is 16.4. The van der Waals surface area contributed by atoms with Crippen LogP contribution in [0.5, 0.6) is 0 Å². The van der Waals surface area contributed by atoms with E-state index in [9.17, 15) is 14.7 Å². The molecule has 92 valence electrons. The minimum atomic E-state index is -1.02. The predicted molar refractivity (Wildman–Crippen MR) is 60.1 cm³/mol. The summed E-state index contributed by atoms with van der Waals surface area (Å²) in [6.45, 7) is 2.92. The molecule has 0 bridgehead atoms. The molecule has 1 aromatic rings. The number of amides is 1. The van der Waals surface area contributed by atoms with Gasteiger partial charge in [-0.05, 0) is 6.92 Å². The van der Waals surface area contributed by atoms with Gasteiger partial charge in [-0.3, -0.25) is 9.48 Å². The summed E-state index contributed by atoms with van der Waals surface area (Å²) in [5, 5.41) is 16.0. The van der Waals surface area contributed by atoms with Crippen molar-refractivity contribution in [2.45, 2.75) is 6.92 Å². The first-order valence-electron chi connectivity index (χ1n) is 5.29. The van der Waals surface area contributed by atoms with Crippen LogP contribution in [0.2, 0.25) is 0 Å². The minimum Gasteiger partial charge on any atom is -0.477 e. The third-order valence-electron chi connectivity index (χ3n) is 2.74. The van der Waals surface area contributed by atoms with Crippen molar-refractivity contribution in [3.63, 3.8) is 0 Å². The van der Waals surface area contributed by atoms with Crippen LogP contribution in [0.15, 0.2) is 0 Å². The van der Waals surface area contributed by atoms with E-state index in [0.717, 1.165) is 0 Å². The number of rotatable bonds is 2. The molecular formula is C10H14N4O3. The largest absolute Gasteiger partial charge is 0.477 e. The van der Waals surface area contributed by atoms with Crippen LogP contribution in [-0.4, -0.2) is 46.4 Å². The van der Waals surface area contributed by atoms with E-state index in [0.29, 0.717) is 24.6 Å². The Kier molecular flexibility index (Phi) is 2.74. The van der Waals surface area contributed by atoms with E-state index in [1.807, 2.05) is 0 Å². The van der Waals surface area contributed by atoms with Gasteiger partial charge in [0.1, 0.15) is 11.4 Å². The molecule has 1 aliphatic heterocycles. The fourth-order valence-corrected chi connectivity index (χ4v) is 2.08. The molecule has 0 atom stereocenters. The number of hydrogen-bond donors (Lipinski definition) is 2. The number of carboxylic acids is 1. The van der Waals surface area contributed by atoms with Gasteiger partial charge in [-0.2, -0.15) is 5.10 Å². The number of anilines is 1. The van der Waals surface area contributed by atoms with Crippen molar-refractivity contribution in [3.05, 3.63) is 11.3 Å². The summed E-state index contributed by atoms with van der Waals surface area (Å²) in [7, 11) is 1.68. The number of carbonyl (C=O) groups is 2. The average Bonchev–Trinajstić information content (AvgIpc) is 2.53. The van der Waals surface area contributed by atoms with E-state index in [1.165, 1.54) is 4.68 Å². The molecule has 1 aromatic heterocycles. The molecule has 0 aromatic carbocycles. The second-order valence-electron chi connectivity index (χ2n) is 3.98. The Morgan fingerprint density at radius 3 is 2.82 bits per heavy atom. The summed E-state index contributed by atoms with van der Waals surface area (Å²) in [5.74, 6) is -0.632. The van der Waals surface area contributed by atoms with Crippen molar-refractivity contribution in [1.82, 2.24) is 15.1 Å². The van der Waals surface area contributed by atoms with Gasteiger partial charge in [-0.1, -0.05) is 0 Å². The number of carbonyl (C=O) groups excluding carboxylic acids is 1. The minimum absolute atomic E-state index is 0.105. The number of carboxylic acid groups (broad SMARTS) is 1. The first-order valence-corrected chi connectivity index (χ1v) is 5.29. The van der Waals surface area contributed by atoms with Crippen LogP contribution in [-0.2, 0) is 11.8 Å². The molecule has 2 rings (SSSR count). The van der Waals surface area contributed by atoms with Crippen LogP contribution >= 0.6 is 0 Å². The molecule has 1 fully saturated rings. The monoisotopic (exact) mass is 238 g/mol. The van der Waals surface area contributed by atoms with E-state index >= 15 is 0 Å². The smallest absolute Gasteiger partial charge is 0.341 e. The summed E-state index contributed by atoms with van der Waals surface area (Å²) in [6.07, 6.45) is 0. The number of piperazine rings is 1. The highest BCUT2D eigenvalue weighted by Crippen LogP contribution is 2.23. The van der Waals surface area contributed by atoms with Crippen LogP contribution in [0.3, 0.4) is 0 Å². The highest BCUT2D eigenvalue weighted by molar-refractivity contribution is 5.96. The third-order valence-corrected chi connectivity index (χ3v) is 2.74. The number of nitrogens with one attached hydrogen (secondary N) is 1. The Bertz CT molecular complexity index is 480. The lowest BCUT2D eigenvalue weighted by Crippen LogP contribution is -2.48. The van der Waals surface area contributed by atoms with Gasteiger partial charge in [0.05, 0.1) is 12.2 Å². The van der Waals surface area contributed by atoms with Crippen LogP contribution in [0.1, 0.15) is 16.1 Å². The van der Waals surface area contributed by atoms with Crippen LogP contribution in [0, 0.1) is 6.92 Å². The molecule has 2 N–H and O–H groups in total. The molecule has 0 unspecified atom stereocenters. The fourth-order valence-electron chi connectivity index (χ4n) is 2.08. The first-order chi connectivity index (χ1) is 8.00. The van der Waals surface area contributed by atoms with E-state index in [-0.39, 0.29) is 18.0 Å². The van der Waals surface area contributed by atoms with Crippen LogP contribution < -0.4 is 10.2 Å². The molecule has 7 nitrogen and oxygen atoms in total. The Labute approximate surface area is 98.0 Å². The maximum absolute atomic E-state index is 11.3. The molecule has 2 heterocycles. The summed E-state index contributed by atoms with van der Waals surface area (Å²) >= 11 is 0.